The van der Waals surface area contributed by atoms with Crippen molar-refractivity contribution in [3.63, 3.8) is 0 Å². The molecule has 0 radical (unpaired) electrons. The van der Waals surface area contributed by atoms with Crippen LogP contribution < -0.4 is 5.32 Å². The minimum atomic E-state index is -3.49. The maximum atomic E-state index is 13.1. The van der Waals surface area contributed by atoms with Gasteiger partial charge in [-0.2, -0.15) is 4.31 Å². The first kappa shape index (κ1) is 18.7. The number of sulfonamides is 1. The Bertz CT molecular complexity index is 1190. The van der Waals surface area contributed by atoms with Gasteiger partial charge in [-0.3, -0.25) is 0 Å². The van der Waals surface area contributed by atoms with E-state index in [-0.39, 0.29) is 5.54 Å². The van der Waals surface area contributed by atoms with E-state index in [9.17, 15) is 8.42 Å². The maximum absolute atomic E-state index is 13.1. The average molecular weight is 428 g/mol. The van der Waals surface area contributed by atoms with Crippen LogP contribution in [0.3, 0.4) is 0 Å². The number of nitrogens with one attached hydrogen (secondary N) is 1. The minimum absolute atomic E-state index is 0.289. The van der Waals surface area contributed by atoms with Crippen LogP contribution in [0.1, 0.15) is 24.1 Å². The fourth-order valence-corrected chi connectivity index (χ4v) is 6.24. The van der Waals surface area contributed by atoms with Crippen molar-refractivity contribution in [1.29, 1.82) is 0 Å². The lowest BCUT2D eigenvalue weighted by molar-refractivity contribution is 0.247. The van der Waals surface area contributed by atoms with Gasteiger partial charge in [-0.15, -0.1) is 0 Å². The van der Waals surface area contributed by atoms with Gasteiger partial charge in [0.05, 0.1) is 21.8 Å². The fraction of sp³-hybridized carbons (Fsp3) is 0.273. The summed E-state index contributed by atoms with van der Waals surface area (Å²) < 4.78 is 30.0. The zero-order valence-corrected chi connectivity index (χ0v) is 17.7. The van der Waals surface area contributed by atoms with Gasteiger partial charge >= 0.3 is 0 Å². The molecule has 3 aromatic rings. The molecule has 1 fully saturated rings. The number of piperidine rings is 1. The highest BCUT2D eigenvalue weighted by Gasteiger charge is 2.43. The summed E-state index contributed by atoms with van der Waals surface area (Å²) in [7, 11) is -3.49. The van der Waals surface area contributed by atoms with E-state index in [0.29, 0.717) is 35.8 Å². The number of aromatic nitrogens is 1. The van der Waals surface area contributed by atoms with E-state index in [2.05, 4.69) is 16.0 Å². The molecule has 3 heterocycles. The molecule has 0 unspecified atom stereocenters. The smallest absolute Gasteiger partial charge is 0.243 e. The van der Waals surface area contributed by atoms with Crippen LogP contribution in [0.15, 0.2) is 65.7 Å². The number of rotatable bonds is 2. The van der Waals surface area contributed by atoms with Crippen LogP contribution in [0.4, 0.5) is 5.69 Å². The largest absolute Gasteiger partial charge is 0.372 e. The van der Waals surface area contributed by atoms with Crippen molar-refractivity contribution < 1.29 is 8.42 Å². The quantitative estimate of drug-likeness (QED) is 0.653. The van der Waals surface area contributed by atoms with Gasteiger partial charge in [-0.25, -0.2) is 8.42 Å². The van der Waals surface area contributed by atoms with Crippen molar-refractivity contribution >= 4 is 27.3 Å². The molecule has 0 bridgehead atoms. The molecule has 2 aromatic carbocycles. The molecule has 29 heavy (non-hydrogen) atoms. The fourth-order valence-electron chi connectivity index (χ4n) is 4.53. The van der Waals surface area contributed by atoms with E-state index in [0.717, 1.165) is 22.6 Å². The van der Waals surface area contributed by atoms with Crippen LogP contribution in [0.5, 0.6) is 0 Å². The molecule has 0 aliphatic carbocycles. The van der Waals surface area contributed by atoms with Crippen LogP contribution in [0.25, 0.3) is 5.69 Å². The Morgan fingerprint density at radius 1 is 1.03 bits per heavy atom. The predicted octanol–water partition coefficient (Wildman–Crippen LogP) is 4.54. The normalized spacial score (nSPS) is 18.1. The lowest BCUT2D eigenvalue weighted by atomic mass is 9.83. The number of benzene rings is 2. The van der Waals surface area contributed by atoms with E-state index in [1.54, 1.807) is 22.5 Å². The Kier molecular flexibility index (Phi) is 4.28. The molecule has 1 saturated heterocycles. The molecule has 0 amide bonds. The van der Waals surface area contributed by atoms with Crippen molar-refractivity contribution in [3.8, 4) is 5.69 Å². The van der Waals surface area contributed by atoms with Gasteiger partial charge < -0.3 is 9.88 Å². The van der Waals surface area contributed by atoms with Crippen molar-refractivity contribution in [2.45, 2.75) is 30.2 Å². The van der Waals surface area contributed by atoms with Crippen molar-refractivity contribution in [1.82, 2.24) is 8.87 Å². The molecule has 2 aliphatic heterocycles. The molecule has 1 spiro atoms. The van der Waals surface area contributed by atoms with Gasteiger partial charge in [0.15, 0.2) is 0 Å². The topological polar surface area (TPSA) is 54.3 Å². The van der Waals surface area contributed by atoms with Gasteiger partial charge in [0.2, 0.25) is 10.0 Å². The lowest BCUT2D eigenvalue weighted by Crippen LogP contribution is -2.50. The van der Waals surface area contributed by atoms with Gasteiger partial charge in [-0.05, 0) is 67.8 Å². The molecular formula is C22H22ClN3O2S. The second-order valence-corrected chi connectivity index (χ2v) is 10.2. The third kappa shape index (κ3) is 2.98. The molecule has 2 aliphatic rings. The van der Waals surface area contributed by atoms with Gasteiger partial charge in [0.1, 0.15) is 0 Å². The molecule has 5 nitrogen and oxygen atoms in total. The molecule has 1 N–H and O–H groups in total. The second-order valence-electron chi connectivity index (χ2n) is 7.85. The minimum Gasteiger partial charge on any atom is -0.372 e. The van der Waals surface area contributed by atoms with Crippen LogP contribution in [0, 0.1) is 6.92 Å². The Morgan fingerprint density at radius 3 is 2.59 bits per heavy atom. The number of nitrogens with zero attached hydrogens (tertiary/aromatic N) is 2. The lowest BCUT2D eigenvalue weighted by Gasteiger charge is -2.46. The number of hydrogen-bond donors (Lipinski definition) is 1. The summed E-state index contributed by atoms with van der Waals surface area (Å²) in [5.74, 6) is 0. The Hall–Kier alpha value is -2.28. The third-order valence-electron chi connectivity index (χ3n) is 6.04. The monoisotopic (exact) mass is 427 g/mol. The van der Waals surface area contributed by atoms with E-state index in [4.69, 9.17) is 11.6 Å². The van der Waals surface area contributed by atoms with Gasteiger partial charge in [0, 0.05) is 30.0 Å². The Labute approximate surface area is 176 Å². The molecular weight excluding hydrogens is 406 g/mol. The van der Waals surface area contributed by atoms with E-state index in [1.807, 2.05) is 43.5 Å². The summed E-state index contributed by atoms with van der Waals surface area (Å²) in [6.45, 7) is 2.85. The van der Waals surface area contributed by atoms with Crippen LogP contribution in [0.2, 0.25) is 5.02 Å². The first-order valence-corrected chi connectivity index (χ1v) is 11.5. The standard InChI is InChI=1S/C22H22ClN3O2S/c1-16-4-2-5-18(14-16)29(27,28)25-12-9-22(10-13-25)21-6-3-11-26(21)20-15-17(23)7-8-19(20)24-22/h2-8,11,14-15,24H,9-10,12-13H2,1H3. The zero-order chi connectivity index (χ0) is 20.2. The molecule has 0 saturated carbocycles. The van der Waals surface area contributed by atoms with E-state index in [1.165, 1.54) is 0 Å². The molecule has 150 valence electrons. The molecule has 7 heteroatoms. The van der Waals surface area contributed by atoms with E-state index < -0.39 is 10.0 Å². The number of aryl methyl sites for hydroxylation is 1. The first-order chi connectivity index (χ1) is 13.9. The summed E-state index contributed by atoms with van der Waals surface area (Å²) in [4.78, 5) is 0.369. The summed E-state index contributed by atoms with van der Waals surface area (Å²) >= 11 is 6.21. The summed E-state index contributed by atoms with van der Waals surface area (Å²) in [5, 5.41) is 4.40. The number of halogens is 1. The van der Waals surface area contributed by atoms with E-state index >= 15 is 0 Å². The summed E-state index contributed by atoms with van der Waals surface area (Å²) in [6.07, 6.45) is 3.44. The number of fused-ring (bicyclic) bond motifs is 4. The van der Waals surface area contributed by atoms with Crippen LogP contribution in [-0.4, -0.2) is 30.4 Å². The molecule has 1 aromatic heterocycles. The maximum Gasteiger partial charge on any atom is 0.243 e. The summed E-state index contributed by atoms with van der Waals surface area (Å²) in [5.41, 5.74) is 3.86. The van der Waals surface area contributed by atoms with Crippen molar-refractivity contribution in [3.05, 3.63) is 77.1 Å². The predicted molar refractivity (Wildman–Crippen MR) is 115 cm³/mol. The SMILES string of the molecule is Cc1cccc(S(=O)(=O)N2CCC3(CC2)Nc2ccc(Cl)cc2-n2cccc23)c1. The third-order valence-corrected chi connectivity index (χ3v) is 8.17. The number of anilines is 1. The summed E-state index contributed by atoms with van der Waals surface area (Å²) in [6, 6.07) is 17.1. The van der Waals surface area contributed by atoms with Gasteiger partial charge in [-0.1, -0.05) is 23.7 Å². The average Bonchev–Trinajstić information content (AvgIpc) is 3.21. The molecule has 0 atom stereocenters. The first-order valence-electron chi connectivity index (χ1n) is 9.72. The van der Waals surface area contributed by atoms with Gasteiger partial charge in [0.25, 0.3) is 0 Å². The number of hydrogen-bond acceptors (Lipinski definition) is 3. The highest BCUT2D eigenvalue weighted by Crippen LogP contribution is 2.44. The second kappa shape index (κ2) is 6.62. The van der Waals surface area contributed by atoms with Crippen LogP contribution in [-0.2, 0) is 15.6 Å². The highest BCUT2D eigenvalue weighted by atomic mass is 35.5. The Balaban J connectivity index is 1.45. The van der Waals surface area contributed by atoms with Crippen molar-refractivity contribution in [2.75, 3.05) is 18.4 Å². The Morgan fingerprint density at radius 2 is 1.83 bits per heavy atom. The highest BCUT2D eigenvalue weighted by molar-refractivity contribution is 7.89. The van der Waals surface area contributed by atoms with Crippen LogP contribution >= 0.6 is 11.6 Å². The van der Waals surface area contributed by atoms with Crippen molar-refractivity contribution in [2.24, 2.45) is 0 Å². The zero-order valence-electron chi connectivity index (χ0n) is 16.1. The molecule has 5 rings (SSSR count).